The Labute approximate surface area is 220 Å². The topological polar surface area (TPSA) is 188 Å². The van der Waals surface area contributed by atoms with E-state index in [2.05, 4.69) is 0 Å². The first-order chi connectivity index (χ1) is 18.3. The second-order valence-corrected chi connectivity index (χ2v) is 8.82. The Morgan fingerprint density at radius 2 is 1.53 bits per heavy atom. The van der Waals surface area contributed by atoms with Crippen LogP contribution < -0.4 is 18.9 Å². The lowest BCUT2D eigenvalue weighted by Gasteiger charge is -2.39. The van der Waals surface area contributed by atoms with Gasteiger partial charge < -0.3 is 59.4 Å². The van der Waals surface area contributed by atoms with Gasteiger partial charge in [0.05, 0.1) is 27.4 Å². The standard InChI is InChI=1S/C26H36O12/c1-34-18-10-14(4-3-9-27)5-7-16(18)36-20(12-28)22(30)15-6-8-17(19(11-15)35-2)37-26-25(33)24(32)23(31)21(13-29)38-26/h5-8,10-11,20-33H,3-4,9,12-13H2,1-2H3. The van der Waals surface area contributed by atoms with Crippen molar-refractivity contribution in [2.45, 2.75) is 55.8 Å². The Balaban J connectivity index is 1.76. The minimum atomic E-state index is -1.61. The first kappa shape index (κ1) is 29.9. The number of methoxy groups -OCH3 is 2. The predicted molar refractivity (Wildman–Crippen MR) is 132 cm³/mol. The van der Waals surface area contributed by atoms with Crippen LogP contribution in [0.2, 0.25) is 0 Å². The van der Waals surface area contributed by atoms with Crippen molar-refractivity contribution in [1.29, 1.82) is 0 Å². The second kappa shape index (κ2) is 13.9. The van der Waals surface area contributed by atoms with Gasteiger partial charge in [-0.2, -0.15) is 0 Å². The Kier molecular flexibility index (Phi) is 10.9. The summed E-state index contributed by atoms with van der Waals surface area (Å²) in [5.74, 6) is 0.954. The largest absolute Gasteiger partial charge is 0.493 e. The molecule has 0 aromatic heterocycles. The molecule has 12 heteroatoms. The fourth-order valence-electron chi connectivity index (χ4n) is 4.08. The molecule has 7 N–H and O–H groups in total. The molecule has 0 aliphatic carbocycles. The number of rotatable bonds is 13. The molecule has 0 saturated carbocycles. The maximum absolute atomic E-state index is 11.0. The summed E-state index contributed by atoms with van der Waals surface area (Å²) in [4.78, 5) is 0. The average molecular weight is 541 g/mol. The molecule has 3 rings (SSSR count). The Bertz CT molecular complexity index is 1020. The number of benzene rings is 2. The number of aryl methyl sites for hydroxylation is 1. The van der Waals surface area contributed by atoms with Gasteiger partial charge in [-0.25, -0.2) is 0 Å². The summed E-state index contributed by atoms with van der Waals surface area (Å²) in [6, 6.07) is 9.62. The molecule has 1 fully saturated rings. The second-order valence-electron chi connectivity index (χ2n) is 8.82. The van der Waals surface area contributed by atoms with Crippen LogP contribution in [0.3, 0.4) is 0 Å². The summed E-state index contributed by atoms with van der Waals surface area (Å²) in [6.07, 6.45) is -8.44. The normalized spacial score (nSPS) is 24.9. The summed E-state index contributed by atoms with van der Waals surface area (Å²) in [6.45, 7) is -1.07. The minimum absolute atomic E-state index is 0.0646. The summed E-state index contributed by atoms with van der Waals surface area (Å²) in [5.41, 5.74) is 1.25. The SMILES string of the molecule is COc1cc(CCCO)ccc1OC(CO)C(O)c1ccc(OC2OC(CO)C(O)C(O)C2O)c(OC)c1. The van der Waals surface area contributed by atoms with E-state index in [1.165, 1.54) is 32.4 Å². The van der Waals surface area contributed by atoms with E-state index in [9.17, 15) is 30.6 Å². The highest BCUT2D eigenvalue weighted by Crippen LogP contribution is 2.36. The molecule has 1 aliphatic rings. The van der Waals surface area contributed by atoms with E-state index in [-0.39, 0.29) is 18.1 Å². The van der Waals surface area contributed by atoms with Crippen LogP contribution in [0, 0.1) is 0 Å². The van der Waals surface area contributed by atoms with E-state index in [0.29, 0.717) is 29.9 Å². The number of aliphatic hydroxyl groups is 7. The van der Waals surface area contributed by atoms with Gasteiger partial charge in [-0.1, -0.05) is 12.1 Å². The van der Waals surface area contributed by atoms with E-state index in [1.54, 1.807) is 12.1 Å². The van der Waals surface area contributed by atoms with Gasteiger partial charge in [0.25, 0.3) is 0 Å². The van der Waals surface area contributed by atoms with Gasteiger partial charge in [0.1, 0.15) is 30.5 Å². The minimum Gasteiger partial charge on any atom is -0.493 e. The number of hydrogen-bond donors (Lipinski definition) is 7. The van der Waals surface area contributed by atoms with E-state index < -0.39 is 56.1 Å². The van der Waals surface area contributed by atoms with Crippen LogP contribution in [0.15, 0.2) is 36.4 Å². The van der Waals surface area contributed by atoms with Crippen LogP contribution in [0.1, 0.15) is 23.7 Å². The smallest absolute Gasteiger partial charge is 0.229 e. The lowest BCUT2D eigenvalue weighted by Crippen LogP contribution is -2.60. The molecule has 0 amide bonds. The van der Waals surface area contributed by atoms with Crippen LogP contribution in [-0.2, 0) is 11.2 Å². The molecule has 7 unspecified atom stereocenters. The molecule has 1 aliphatic heterocycles. The van der Waals surface area contributed by atoms with Crippen molar-refractivity contribution in [3.63, 3.8) is 0 Å². The number of hydrogen-bond acceptors (Lipinski definition) is 12. The first-order valence-electron chi connectivity index (χ1n) is 12.2. The van der Waals surface area contributed by atoms with Crippen molar-refractivity contribution in [3.05, 3.63) is 47.5 Å². The molecule has 2 aromatic carbocycles. The molecule has 0 spiro atoms. The van der Waals surface area contributed by atoms with Gasteiger partial charge in [0.15, 0.2) is 29.1 Å². The van der Waals surface area contributed by atoms with Crippen molar-refractivity contribution >= 4 is 0 Å². The third-order valence-corrected chi connectivity index (χ3v) is 6.28. The van der Waals surface area contributed by atoms with Gasteiger partial charge >= 0.3 is 0 Å². The molecule has 212 valence electrons. The highest BCUT2D eigenvalue weighted by molar-refractivity contribution is 5.45. The van der Waals surface area contributed by atoms with Crippen LogP contribution in [0.25, 0.3) is 0 Å². The molecule has 0 radical (unpaired) electrons. The van der Waals surface area contributed by atoms with Crippen molar-refractivity contribution in [1.82, 2.24) is 0 Å². The zero-order valence-corrected chi connectivity index (χ0v) is 21.2. The zero-order valence-electron chi connectivity index (χ0n) is 21.2. The third kappa shape index (κ3) is 6.84. The predicted octanol–water partition coefficient (Wildman–Crippen LogP) is -0.719. The maximum Gasteiger partial charge on any atom is 0.229 e. The highest BCUT2D eigenvalue weighted by atomic mass is 16.7. The van der Waals surface area contributed by atoms with Crippen LogP contribution in [0.5, 0.6) is 23.0 Å². The summed E-state index contributed by atoms with van der Waals surface area (Å²) in [5, 5.41) is 69.5. The maximum atomic E-state index is 11.0. The monoisotopic (exact) mass is 540 g/mol. The highest BCUT2D eigenvalue weighted by Gasteiger charge is 2.45. The van der Waals surface area contributed by atoms with Gasteiger partial charge in [0.2, 0.25) is 6.29 Å². The Morgan fingerprint density at radius 3 is 2.16 bits per heavy atom. The molecule has 2 aromatic rings. The number of aliphatic hydroxyl groups excluding tert-OH is 7. The van der Waals surface area contributed by atoms with Crippen molar-refractivity contribution in [2.24, 2.45) is 0 Å². The molecule has 0 bridgehead atoms. The van der Waals surface area contributed by atoms with Crippen LogP contribution in [-0.4, -0.2) is 107 Å². The summed E-state index contributed by atoms with van der Waals surface area (Å²) < 4.78 is 27.6. The average Bonchev–Trinajstić information content (AvgIpc) is 2.94. The molecule has 12 nitrogen and oxygen atoms in total. The summed E-state index contributed by atoms with van der Waals surface area (Å²) >= 11 is 0. The van der Waals surface area contributed by atoms with Crippen molar-refractivity contribution < 1.29 is 59.4 Å². The van der Waals surface area contributed by atoms with E-state index in [1.807, 2.05) is 6.07 Å². The molecular formula is C26H36O12. The molecule has 1 saturated heterocycles. The molecular weight excluding hydrogens is 504 g/mol. The lowest BCUT2D eigenvalue weighted by molar-refractivity contribution is -0.277. The molecule has 7 atom stereocenters. The number of ether oxygens (including phenoxy) is 5. The van der Waals surface area contributed by atoms with Gasteiger partial charge in [-0.05, 0) is 48.2 Å². The third-order valence-electron chi connectivity index (χ3n) is 6.28. The zero-order chi connectivity index (χ0) is 27.8. The molecule has 38 heavy (non-hydrogen) atoms. The van der Waals surface area contributed by atoms with Gasteiger partial charge in [-0.3, -0.25) is 0 Å². The Hall–Kier alpha value is -2.68. The van der Waals surface area contributed by atoms with Crippen LogP contribution in [0.4, 0.5) is 0 Å². The summed E-state index contributed by atoms with van der Waals surface area (Å²) in [7, 11) is 2.83. The fraction of sp³-hybridized carbons (Fsp3) is 0.538. The van der Waals surface area contributed by atoms with Gasteiger partial charge in [0, 0.05) is 6.61 Å². The van der Waals surface area contributed by atoms with Crippen LogP contribution >= 0.6 is 0 Å². The quantitative estimate of drug-likeness (QED) is 0.169. The molecule has 1 heterocycles. The van der Waals surface area contributed by atoms with Crippen molar-refractivity contribution in [3.8, 4) is 23.0 Å². The van der Waals surface area contributed by atoms with E-state index in [4.69, 9.17) is 28.8 Å². The van der Waals surface area contributed by atoms with Gasteiger partial charge in [-0.15, -0.1) is 0 Å². The fourth-order valence-corrected chi connectivity index (χ4v) is 4.08. The Morgan fingerprint density at radius 1 is 0.842 bits per heavy atom. The lowest BCUT2D eigenvalue weighted by atomic mass is 9.99. The van der Waals surface area contributed by atoms with Crippen molar-refractivity contribution in [2.75, 3.05) is 34.0 Å². The first-order valence-corrected chi connectivity index (χ1v) is 12.2. The van der Waals surface area contributed by atoms with E-state index in [0.717, 1.165) is 5.56 Å². The van der Waals surface area contributed by atoms with E-state index >= 15 is 0 Å².